The maximum atomic E-state index is 13.2. The maximum absolute atomic E-state index is 13.2. The minimum Gasteiger partial charge on any atom is -0.483 e. The van der Waals surface area contributed by atoms with E-state index in [0.29, 0.717) is 16.7 Å². The summed E-state index contributed by atoms with van der Waals surface area (Å²) in [5, 5.41) is 9.05. The van der Waals surface area contributed by atoms with Gasteiger partial charge in [0.15, 0.2) is 6.61 Å². The zero-order valence-electron chi connectivity index (χ0n) is 21.0. The van der Waals surface area contributed by atoms with E-state index in [1.807, 2.05) is 0 Å². The SMILES string of the molecule is N=C(N)c1ccc(CNC(=O)c2cc(Cl)cc(NS(=O)(=O)C(CC(N)=O)c3ccccc3)c2)c(OCC(N)=O)c1. The van der Waals surface area contributed by atoms with Gasteiger partial charge in [-0.3, -0.25) is 24.5 Å². The zero-order valence-corrected chi connectivity index (χ0v) is 22.6. The van der Waals surface area contributed by atoms with Gasteiger partial charge in [-0.05, 0) is 29.8 Å². The van der Waals surface area contributed by atoms with Gasteiger partial charge < -0.3 is 27.3 Å². The number of hydrogen-bond donors (Lipinski definition) is 6. The molecule has 0 aliphatic heterocycles. The van der Waals surface area contributed by atoms with E-state index in [0.717, 1.165) is 0 Å². The minimum absolute atomic E-state index is 0.000608. The molecule has 0 bridgehead atoms. The number of carbonyl (C=O) groups is 3. The Morgan fingerprint density at radius 3 is 2.25 bits per heavy atom. The van der Waals surface area contributed by atoms with Crippen molar-refractivity contribution in [2.24, 2.45) is 17.2 Å². The number of halogens is 1. The molecule has 12 nitrogen and oxygen atoms in total. The second-order valence-electron chi connectivity index (χ2n) is 8.62. The Kier molecular flexibility index (Phi) is 9.69. The van der Waals surface area contributed by atoms with Gasteiger partial charge in [0.05, 0.1) is 5.69 Å². The topological polar surface area (TPSA) is 221 Å². The summed E-state index contributed by atoms with van der Waals surface area (Å²) in [6, 6.07) is 16.6. The fourth-order valence-electron chi connectivity index (χ4n) is 3.70. The highest BCUT2D eigenvalue weighted by Crippen LogP contribution is 2.29. The molecule has 0 spiro atoms. The van der Waals surface area contributed by atoms with Crippen LogP contribution in [0.3, 0.4) is 0 Å². The third-order valence-electron chi connectivity index (χ3n) is 5.54. The lowest BCUT2D eigenvalue weighted by Crippen LogP contribution is -2.27. The van der Waals surface area contributed by atoms with Gasteiger partial charge in [0.1, 0.15) is 16.8 Å². The normalized spacial score (nSPS) is 11.7. The van der Waals surface area contributed by atoms with Crippen LogP contribution in [-0.2, 0) is 26.2 Å². The average molecular weight is 587 g/mol. The first kappa shape index (κ1) is 29.9. The number of nitrogen functional groups attached to an aromatic ring is 1. The van der Waals surface area contributed by atoms with E-state index in [9.17, 15) is 22.8 Å². The molecule has 0 aliphatic rings. The van der Waals surface area contributed by atoms with Crippen LogP contribution in [0.5, 0.6) is 5.75 Å². The first-order valence-electron chi connectivity index (χ1n) is 11.7. The quantitative estimate of drug-likeness (QED) is 0.128. The van der Waals surface area contributed by atoms with Gasteiger partial charge in [-0.25, -0.2) is 8.42 Å². The summed E-state index contributed by atoms with van der Waals surface area (Å²) in [5.41, 5.74) is 17.2. The lowest BCUT2D eigenvalue weighted by atomic mass is 10.1. The monoisotopic (exact) mass is 586 g/mol. The molecule has 3 amide bonds. The molecule has 40 heavy (non-hydrogen) atoms. The van der Waals surface area contributed by atoms with Gasteiger partial charge in [-0.2, -0.15) is 0 Å². The van der Waals surface area contributed by atoms with E-state index in [1.54, 1.807) is 42.5 Å². The minimum atomic E-state index is -4.19. The maximum Gasteiger partial charge on any atom is 0.255 e. The van der Waals surface area contributed by atoms with Crippen LogP contribution in [0.15, 0.2) is 66.7 Å². The van der Waals surface area contributed by atoms with Crippen molar-refractivity contribution >= 4 is 50.9 Å². The number of hydrogen-bond acceptors (Lipinski definition) is 7. The molecule has 210 valence electrons. The Morgan fingerprint density at radius 1 is 0.925 bits per heavy atom. The van der Waals surface area contributed by atoms with Gasteiger partial charge in [0.2, 0.25) is 15.9 Å². The van der Waals surface area contributed by atoms with Crippen LogP contribution in [0.2, 0.25) is 5.02 Å². The highest BCUT2D eigenvalue weighted by Gasteiger charge is 2.29. The van der Waals surface area contributed by atoms with E-state index in [2.05, 4.69) is 10.0 Å². The predicted molar refractivity (Wildman–Crippen MR) is 150 cm³/mol. The standard InChI is InChI=1S/C26H27ClN6O6S/c27-19-8-18(26(36)32-13-17-7-6-16(25(30)31)10-21(17)39-14-24(29)35)9-20(11-19)33-40(37,38)22(12-23(28)34)15-4-2-1-3-5-15/h1-11,22,33H,12-14H2,(H2,28,34)(H2,29,35)(H3,30,31)(H,32,36). The Hall–Kier alpha value is -4.62. The molecule has 0 fully saturated rings. The lowest BCUT2D eigenvalue weighted by molar-refractivity contribution is -0.120. The Morgan fingerprint density at radius 2 is 1.62 bits per heavy atom. The van der Waals surface area contributed by atoms with Crippen molar-refractivity contribution in [2.45, 2.75) is 18.2 Å². The van der Waals surface area contributed by atoms with Crippen LogP contribution < -0.4 is 32.0 Å². The number of rotatable bonds is 13. The van der Waals surface area contributed by atoms with Crippen LogP contribution in [0.25, 0.3) is 0 Å². The summed E-state index contributed by atoms with van der Waals surface area (Å²) < 4.78 is 34.2. The number of sulfonamides is 1. The first-order valence-corrected chi connectivity index (χ1v) is 13.6. The second kappa shape index (κ2) is 13.0. The highest BCUT2D eigenvalue weighted by molar-refractivity contribution is 7.93. The number of primary amides is 2. The summed E-state index contributed by atoms with van der Waals surface area (Å²) in [4.78, 5) is 35.8. The molecule has 0 heterocycles. The largest absolute Gasteiger partial charge is 0.483 e. The molecule has 3 aromatic carbocycles. The second-order valence-corrected chi connectivity index (χ2v) is 10.9. The average Bonchev–Trinajstić information content (AvgIpc) is 2.89. The van der Waals surface area contributed by atoms with Crippen LogP contribution in [0.1, 0.15) is 38.7 Å². The molecule has 0 aromatic heterocycles. The summed E-state index contributed by atoms with van der Waals surface area (Å²) in [5.74, 6) is -2.16. The Labute approximate surface area is 235 Å². The predicted octanol–water partition coefficient (Wildman–Crippen LogP) is 1.78. The molecule has 0 aliphatic carbocycles. The number of nitrogens with two attached hydrogens (primary N) is 3. The molecule has 14 heteroatoms. The molecular weight excluding hydrogens is 560 g/mol. The molecule has 3 aromatic rings. The first-order chi connectivity index (χ1) is 18.9. The molecule has 0 radical (unpaired) electrons. The number of carbonyl (C=O) groups excluding carboxylic acids is 3. The molecule has 9 N–H and O–H groups in total. The van der Waals surface area contributed by atoms with Crippen molar-refractivity contribution < 1.29 is 27.5 Å². The van der Waals surface area contributed by atoms with Crippen LogP contribution in [0, 0.1) is 5.41 Å². The van der Waals surface area contributed by atoms with Crippen molar-refractivity contribution in [1.82, 2.24) is 5.32 Å². The van der Waals surface area contributed by atoms with Gasteiger partial charge in [-0.15, -0.1) is 0 Å². The van der Waals surface area contributed by atoms with Gasteiger partial charge >= 0.3 is 0 Å². The van der Waals surface area contributed by atoms with Crippen molar-refractivity contribution in [1.29, 1.82) is 5.41 Å². The molecule has 1 atom stereocenters. The molecule has 0 saturated carbocycles. The Balaban J connectivity index is 1.82. The number of ether oxygens (including phenoxy) is 1. The summed E-state index contributed by atoms with van der Waals surface area (Å²) >= 11 is 6.18. The smallest absolute Gasteiger partial charge is 0.255 e. The number of amidine groups is 1. The van der Waals surface area contributed by atoms with Crippen LogP contribution >= 0.6 is 11.6 Å². The fraction of sp³-hybridized carbons (Fsp3) is 0.154. The number of nitrogens with one attached hydrogen (secondary N) is 3. The highest BCUT2D eigenvalue weighted by atomic mass is 35.5. The number of amides is 3. The molecule has 0 saturated heterocycles. The molecular formula is C26H27ClN6O6S. The van der Waals surface area contributed by atoms with Gasteiger partial charge in [0, 0.05) is 34.7 Å². The van der Waals surface area contributed by atoms with Crippen molar-refractivity contribution in [3.05, 3.63) is 94.0 Å². The number of anilines is 1. The zero-order chi connectivity index (χ0) is 29.4. The van der Waals surface area contributed by atoms with Crippen molar-refractivity contribution in [3.63, 3.8) is 0 Å². The lowest BCUT2D eigenvalue weighted by Gasteiger charge is -2.19. The van der Waals surface area contributed by atoms with E-state index in [1.165, 1.54) is 24.3 Å². The van der Waals surface area contributed by atoms with E-state index in [4.69, 9.17) is 38.9 Å². The van der Waals surface area contributed by atoms with Crippen LogP contribution in [-0.4, -0.2) is 38.6 Å². The molecule has 3 rings (SSSR count). The van der Waals surface area contributed by atoms with Crippen molar-refractivity contribution in [2.75, 3.05) is 11.3 Å². The fourth-order valence-corrected chi connectivity index (χ4v) is 5.42. The van der Waals surface area contributed by atoms with Gasteiger partial charge in [-0.1, -0.05) is 54.1 Å². The van der Waals surface area contributed by atoms with Crippen molar-refractivity contribution in [3.8, 4) is 5.75 Å². The summed E-state index contributed by atoms with van der Waals surface area (Å²) in [6.45, 7) is -0.493. The summed E-state index contributed by atoms with van der Waals surface area (Å²) in [7, 11) is -4.19. The number of benzene rings is 3. The third-order valence-corrected chi connectivity index (χ3v) is 7.47. The van der Waals surface area contributed by atoms with Crippen LogP contribution in [0.4, 0.5) is 5.69 Å². The van der Waals surface area contributed by atoms with Gasteiger partial charge in [0.25, 0.3) is 11.8 Å². The van der Waals surface area contributed by atoms with E-state index < -0.39 is 46.0 Å². The molecule has 1 unspecified atom stereocenters. The third kappa shape index (κ3) is 8.19. The Bertz CT molecular complexity index is 1550. The van der Waals surface area contributed by atoms with E-state index in [-0.39, 0.29) is 34.4 Å². The van der Waals surface area contributed by atoms with E-state index >= 15 is 0 Å². The summed E-state index contributed by atoms with van der Waals surface area (Å²) in [6.07, 6.45) is -0.462.